The van der Waals surface area contributed by atoms with Gasteiger partial charge in [0.25, 0.3) is 0 Å². The topological polar surface area (TPSA) is 54.4 Å². The first-order valence-electron chi connectivity index (χ1n) is 12.9. The van der Waals surface area contributed by atoms with Gasteiger partial charge in [-0.3, -0.25) is 9.00 Å². The van der Waals surface area contributed by atoms with Crippen LogP contribution in [0.1, 0.15) is 80.9 Å². The monoisotopic (exact) mass is 534 g/mol. The average Bonchev–Trinajstić information content (AvgIpc) is 3.08. The normalized spacial score (nSPS) is 31.0. The molecule has 1 aromatic carbocycles. The molecule has 0 saturated heterocycles. The molecule has 0 amide bonds. The van der Waals surface area contributed by atoms with Crippen molar-refractivity contribution in [2.45, 2.75) is 89.7 Å². The van der Waals surface area contributed by atoms with Crippen molar-refractivity contribution >= 4 is 16.6 Å². The van der Waals surface area contributed by atoms with Crippen LogP contribution in [0.15, 0.2) is 12.1 Å². The second-order valence-electron chi connectivity index (χ2n) is 11.3. The molecule has 3 nitrogen and oxygen atoms in total. The number of carbonyl (C=O) groups is 1. The molecule has 3 aliphatic rings. The van der Waals surface area contributed by atoms with Crippen LogP contribution in [0.3, 0.4) is 0 Å². The summed E-state index contributed by atoms with van der Waals surface area (Å²) >= 11 is 0. The molecule has 6 atom stereocenters. The van der Waals surface area contributed by atoms with Crippen molar-refractivity contribution in [3.63, 3.8) is 0 Å². The standard InChI is InChI=1S/C27H35F5O3S/c1-16-13-20-18(15-22(16)33)14-17(24-19(20)8-10-25(2)21(24)6-7-23(25)34)5-3-11-36(35)12-4-9-26(28,29)27(30,31)32/h13,15,17,19,21,24,33H,3-12,14H2,1-2H3/t17-,19-,21+,24-,25+,36?/m1/s1. The van der Waals surface area contributed by atoms with Crippen LogP contribution in [0.4, 0.5) is 22.0 Å². The van der Waals surface area contributed by atoms with E-state index in [1.807, 2.05) is 13.0 Å². The Hall–Kier alpha value is -1.51. The molecule has 3 aliphatic carbocycles. The molecule has 0 radical (unpaired) electrons. The Labute approximate surface area is 211 Å². The third-order valence-electron chi connectivity index (χ3n) is 9.15. The first-order chi connectivity index (χ1) is 16.7. The highest BCUT2D eigenvalue weighted by atomic mass is 32.2. The molecule has 0 aliphatic heterocycles. The van der Waals surface area contributed by atoms with Gasteiger partial charge in [-0.1, -0.05) is 13.0 Å². The van der Waals surface area contributed by atoms with E-state index in [0.29, 0.717) is 30.5 Å². The van der Waals surface area contributed by atoms with Crippen molar-refractivity contribution in [1.82, 2.24) is 0 Å². The first kappa shape index (κ1) is 27.5. The summed E-state index contributed by atoms with van der Waals surface area (Å²) in [5, 5.41) is 10.3. The van der Waals surface area contributed by atoms with Crippen molar-refractivity contribution in [2.75, 3.05) is 11.5 Å². The summed E-state index contributed by atoms with van der Waals surface area (Å²) in [6.45, 7) is 3.99. The number of carbonyl (C=O) groups excluding carboxylic acids is 1. The van der Waals surface area contributed by atoms with E-state index in [4.69, 9.17) is 0 Å². The predicted octanol–water partition coefficient (Wildman–Crippen LogP) is 6.86. The Morgan fingerprint density at radius 2 is 1.81 bits per heavy atom. The molecule has 9 heteroatoms. The lowest BCUT2D eigenvalue weighted by molar-refractivity contribution is -0.284. The molecule has 2 saturated carbocycles. The van der Waals surface area contributed by atoms with Gasteiger partial charge >= 0.3 is 12.1 Å². The third-order valence-corrected chi connectivity index (χ3v) is 10.6. The highest BCUT2D eigenvalue weighted by Crippen LogP contribution is 2.61. The average molecular weight is 535 g/mol. The van der Waals surface area contributed by atoms with Gasteiger partial charge in [0, 0.05) is 40.6 Å². The fourth-order valence-electron chi connectivity index (χ4n) is 7.19. The smallest absolute Gasteiger partial charge is 0.453 e. The lowest BCUT2D eigenvalue weighted by atomic mass is 9.52. The van der Waals surface area contributed by atoms with E-state index in [9.17, 15) is 36.1 Å². The van der Waals surface area contributed by atoms with Crippen LogP contribution in [-0.2, 0) is 22.0 Å². The number of phenolic OH excluding ortho intramolecular Hbond substituents is 1. The minimum absolute atomic E-state index is 0.173. The number of aryl methyl sites for hydroxylation is 1. The van der Waals surface area contributed by atoms with E-state index >= 15 is 0 Å². The van der Waals surface area contributed by atoms with Gasteiger partial charge in [-0.15, -0.1) is 0 Å². The quantitative estimate of drug-likeness (QED) is 0.371. The van der Waals surface area contributed by atoms with E-state index < -0.39 is 35.7 Å². The minimum Gasteiger partial charge on any atom is -0.508 e. The second-order valence-corrected chi connectivity index (χ2v) is 13.0. The van der Waals surface area contributed by atoms with Gasteiger partial charge < -0.3 is 5.11 Å². The van der Waals surface area contributed by atoms with Crippen LogP contribution in [0.25, 0.3) is 0 Å². The number of phenols is 1. The van der Waals surface area contributed by atoms with Crippen LogP contribution >= 0.6 is 0 Å². The Morgan fingerprint density at radius 1 is 1.11 bits per heavy atom. The summed E-state index contributed by atoms with van der Waals surface area (Å²) in [5.41, 5.74) is 2.92. The third kappa shape index (κ3) is 5.10. The number of halogens is 5. The SMILES string of the molecule is Cc1cc2c(cc1O)C[C@@H](CCCS(=O)CCCC(F)(F)C(F)(F)F)[C@@H]1[C@@H]2CC[C@]2(C)C(=O)CC[C@@H]12. The van der Waals surface area contributed by atoms with Crippen molar-refractivity contribution in [2.24, 2.45) is 23.2 Å². The lowest BCUT2D eigenvalue weighted by Gasteiger charge is -2.52. The van der Waals surface area contributed by atoms with Crippen LogP contribution in [-0.4, -0.2) is 38.7 Å². The number of hydrogen-bond donors (Lipinski definition) is 1. The van der Waals surface area contributed by atoms with E-state index in [0.717, 1.165) is 43.2 Å². The van der Waals surface area contributed by atoms with E-state index in [1.165, 1.54) is 5.56 Å². The lowest BCUT2D eigenvalue weighted by Crippen LogP contribution is -2.46. The number of ketones is 1. The van der Waals surface area contributed by atoms with Gasteiger partial charge in [0.2, 0.25) is 0 Å². The van der Waals surface area contributed by atoms with Gasteiger partial charge in [0.05, 0.1) is 0 Å². The molecule has 36 heavy (non-hydrogen) atoms. The fourth-order valence-corrected chi connectivity index (χ4v) is 8.35. The Kier molecular flexibility index (Phi) is 7.64. The maximum atomic E-state index is 13.1. The minimum atomic E-state index is -5.58. The van der Waals surface area contributed by atoms with E-state index in [1.54, 1.807) is 0 Å². The molecule has 1 N–H and O–H groups in total. The summed E-state index contributed by atoms with van der Waals surface area (Å²) in [7, 11) is -1.46. The zero-order valence-corrected chi connectivity index (χ0v) is 21.6. The maximum Gasteiger partial charge on any atom is 0.453 e. The maximum absolute atomic E-state index is 13.1. The number of fused-ring (bicyclic) bond motifs is 5. The van der Waals surface area contributed by atoms with Crippen molar-refractivity contribution in [3.05, 3.63) is 28.8 Å². The molecule has 0 bridgehead atoms. The van der Waals surface area contributed by atoms with Crippen molar-refractivity contribution in [3.8, 4) is 5.75 Å². The summed E-state index contributed by atoms with van der Waals surface area (Å²) in [5.74, 6) is -2.92. The van der Waals surface area contributed by atoms with Gasteiger partial charge in [-0.25, -0.2) is 0 Å². The van der Waals surface area contributed by atoms with E-state index in [2.05, 4.69) is 13.0 Å². The first-order valence-corrected chi connectivity index (χ1v) is 14.4. The van der Waals surface area contributed by atoms with Crippen LogP contribution < -0.4 is 0 Å². The molecule has 0 heterocycles. The summed E-state index contributed by atoms with van der Waals surface area (Å²) in [4.78, 5) is 12.8. The molecule has 0 spiro atoms. The predicted molar refractivity (Wildman–Crippen MR) is 129 cm³/mol. The summed E-state index contributed by atoms with van der Waals surface area (Å²) in [6.07, 6.45) is -2.02. The van der Waals surface area contributed by atoms with Crippen molar-refractivity contribution in [1.29, 1.82) is 0 Å². The fraction of sp³-hybridized carbons (Fsp3) is 0.741. The highest BCUT2D eigenvalue weighted by Gasteiger charge is 2.57. The van der Waals surface area contributed by atoms with Gasteiger partial charge in [0.1, 0.15) is 11.5 Å². The van der Waals surface area contributed by atoms with Crippen molar-refractivity contribution < 1.29 is 36.1 Å². The zero-order chi connectivity index (χ0) is 26.5. The molecule has 0 aromatic heterocycles. The van der Waals surface area contributed by atoms with Gasteiger partial charge in [-0.2, -0.15) is 22.0 Å². The van der Waals surface area contributed by atoms with E-state index in [-0.39, 0.29) is 34.5 Å². The Balaban J connectivity index is 1.43. The van der Waals surface area contributed by atoms with Crippen LogP contribution in [0, 0.1) is 30.1 Å². The molecule has 1 unspecified atom stereocenters. The Morgan fingerprint density at radius 3 is 2.50 bits per heavy atom. The molecule has 1 aromatic rings. The van der Waals surface area contributed by atoms with Gasteiger partial charge in [0.15, 0.2) is 0 Å². The van der Waals surface area contributed by atoms with Crippen LogP contribution in [0.2, 0.25) is 0 Å². The number of hydrogen-bond acceptors (Lipinski definition) is 3. The largest absolute Gasteiger partial charge is 0.508 e. The summed E-state index contributed by atoms with van der Waals surface area (Å²) < 4.78 is 75.6. The molecular weight excluding hydrogens is 499 g/mol. The number of Topliss-reactive ketones (excluding diaryl/α,β-unsaturated/α-hetero) is 1. The molecule has 202 valence electrons. The number of alkyl halides is 5. The Bertz CT molecular complexity index is 1020. The summed E-state index contributed by atoms with van der Waals surface area (Å²) in [6, 6.07) is 3.93. The molecule has 4 rings (SSSR count). The zero-order valence-electron chi connectivity index (χ0n) is 20.8. The van der Waals surface area contributed by atoms with Gasteiger partial charge in [-0.05, 0) is 98.3 Å². The number of aromatic hydroxyl groups is 1. The molecule has 2 fully saturated rings. The highest BCUT2D eigenvalue weighted by molar-refractivity contribution is 7.84. The van der Waals surface area contributed by atoms with Crippen LogP contribution in [0.5, 0.6) is 5.75 Å². The molecular formula is C27H35F5O3S. The number of rotatable bonds is 8. The number of benzene rings is 1. The second kappa shape index (κ2) is 9.99.